The number of halogens is 2. The van der Waals surface area contributed by atoms with Crippen LogP contribution in [0.1, 0.15) is 33.6 Å². The Morgan fingerprint density at radius 2 is 1.89 bits per heavy atom. The molecule has 6 heteroatoms. The molecule has 1 heterocycles. The molecule has 0 saturated carbocycles. The van der Waals surface area contributed by atoms with Crippen molar-refractivity contribution >= 4 is 30.7 Å². The van der Waals surface area contributed by atoms with Crippen molar-refractivity contribution in [1.82, 2.24) is 9.80 Å². The molecule has 0 aromatic heterocycles. The van der Waals surface area contributed by atoms with E-state index >= 15 is 0 Å². The number of carbonyl (C=O) groups is 1. The van der Waals surface area contributed by atoms with E-state index in [0.717, 1.165) is 39.0 Å². The lowest BCUT2D eigenvalue weighted by Gasteiger charge is -2.26. The van der Waals surface area contributed by atoms with E-state index in [1.165, 1.54) is 0 Å². The van der Waals surface area contributed by atoms with Crippen LogP contribution < -0.4 is 5.73 Å². The quantitative estimate of drug-likeness (QED) is 0.837. The van der Waals surface area contributed by atoms with Crippen LogP contribution in [0.4, 0.5) is 0 Å². The molecule has 1 fully saturated rings. The van der Waals surface area contributed by atoms with Gasteiger partial charge in [0.15, 0.2) is 0 Å². The maximum absolute atomic E-state index is 11.9. The van der Waals surface area contributed by atoms with Gasteiger partial charge in [-0.05, 0) is 25.9 Å². The number of likely N-dealkylation sites (tertiary alicyclic amines) is 1. The summed E-state index contributed by atoms with van der Waals surface area (Å²) < 4.78 is 0. The van der Waals surface area contributed by atoms with E-state index in [1.807, 2.05) is 11.8 Å². The smallest absolute Gasteiger partial charge is 0.239 e. The van der Waals surface area contributed by atoms with Crippen LogP contribution in [-0.4, -0.2) is 54.0 Å². The zero-order valence-electron chi connectivity index (χ0n) is 11.6. The minimum atomic E-state index is -0.310. The van der Waals surface area contributed by atoms with E-state index in [9.17, 15) is 4.79 Å². The van der Waals surface area contributed by atoms with Gasteiger partial charge in [0.05, 0.1) is 6.04 Å². The van der Waals surface area contributed by atoms with E-state index in [0.29, 0.717) is 6.04 Å². The molecule has 1 aliphatic rings. The minimum absolute atomic E-state index is 0. The van der Waals surface area contributed by atoms with Crippen LogP contribution in [0, 0.1) is 0 Å². The fraction of sp³-hybridized carbons (Fsp3) is 0.917. The summed E-state index contributed by atoms with van der Waals surface area (Å²) in [6.07, 6.45) is 1.81. The largest absolute Gasteiger partial charge is 0.340 e. The Kier molecular flexibility index (Phi) is 11.1. The molecule has 0 spiro atoms. The molecule has 1 saturated heterocycles. The number of amides is 1. The summed E-state index contributed by atoms with van der Waals surface area (Å²) in [7, 11) is 0. The first-order valence-electron chi connectivity index (χ1n) is 6.42. The molecule has 1 rings (SSSR count). The predicted octanol–water partition coefficient (Wildman–Crippen LogP) is 1.51. The number of likely N-dealkylation sites (N-methyl/N-ethyl adjacent to an activating group) is 1. The maximum Gasteiger partial charge on any atom is 0.239 e. The predicted molar refractivity (Wildman–Crippen MR) is 80.7 cm³/mol. The summed E-state index contributed by atoms with van der Waals surface area (Å²) in [5.41, 5.74) is 5.78. The van der Waals surface area contributed by atoms with Gasteiger partial charge in [0.25, 0.3) is 0 Å². The molecular formula is C12H27Cl2N3O. The maximum atomic E-state index is 11.9. The van der Waals surface area contributed by atoms with Crippen LogP contribution in [-0.2, 0) is 4.79 Å². The summed E-state index contributed by atoms with van der Waals surface area (Å²) in [6.45, 7) is 10.1. The monoisotopic (exact) mass is 299 g/mol. The third kappa shape index (κ3) is 4.92. The van der Waals surface area contributed by atoms with E-state index in [-0.39, 0.29) is 36.8 Å². The second-order valence-corrected chi connectivity index (χ2v) is 4.46. The first-order chi connectivity index (χ1) is 7.63. The van der Waals surface area contributed by atoms with Gasteiger partial charge in [0, 0.05) is 19.1 Å². The third-order valence-corrected chi connectivity index (χ3v) is 3.56. The highest BCUT2D eigenvalue weighted by molar-refractivity contribution is 5.85. The van der Waals surface area contributed by atoms with Gasteiger partial charge >= 0.3 is 0 Å². The lowest BCUT2D eigenvalue weighted by atomic mass is 10.2. The highest BCUT2D eigenvalue weighted by Gasteiger charge is 2.30. The molecule has 0 aromatic rings. The number of nitrogens with two attached hydrogens (primary N) is 1. The third-order valence-electron chi connectivity index (χ3n) is 3.56. The van der Waals surface area contributed by atoms with Crippen molar-refractivity contribution < 1.29 is 4.79 Å². The molecule has 0 aliphatic carbocycles. The van der Waals surface area contributed by atoms with Crippen molar-refractivity contribution in [3.05, 3.63) is 0 Å². The molecule has 18 heavy (non-hydrogen) atoms. The van der Waals surface area contributed by atoms with Crippen molar-refractivity contribution in [2.75, 3.05) is 26.2 Å². The standard InChI is InChI=1S/C12H25N3O.2ClH/c1-4-11(13)12(16)15-8-7-10(9-15)14(5-2)6-3;;/h10-11H,4-9,13H2,1-3H3;2*1H/t10?,11-;;/m0../s1. The van der Waals surface area contributed by atoms with Gasteiger partial charge < -0.3 is 10.6 Å². The lowest BCUT2D eigenvalue weighted by molar-refractivity contribution is -0.131. The summed E-state index contributed by atoms with van der Waals surface area (Å²) in [6, 6.07) is 0.221. The van der Waals surface area contributed by atoms with Crippen LogP contribution in [0.25, 0.3) is 0 Å². The Hall–Kier alpha value is -0.0300. The van der Waals surface area contributed by atoms with E-state index < -0.39 is 0 Å². The van der Waals surface area contributed by atoms with Crippen molar-refractivity contribution in [2.24, 2.45) is 5.73 Å². The summed E-state index contributed by atoms with van der Waals surface area (Å²) in [5, 5.41) is 0. The van der Waals surface area contributed by atoms with Gasteiger partial charge in [0.1, 0.15) is 0 Å². The van der Waals surface area contributed by atoms with E-state index in [2.05, 4.69) is 18.7 Å². The topological polar surface area (TPSA) is 49.6 Å². The van der Waals surface area contributed by atoms with Gasteiger partial charge in [-0.2, -0.15) is 0 Å². The molecule has 0 bridgehead atoms. The molecule has 1 amide bonds. The number of carbonyl (C=O) groups excluding carboxylic acids is 1. The summed E-state index contributed by atoms with van der Waals surface area (Å²) in [5.74, 6) is 0.122. The molecule has 2 atom stereocenters. The molecule has 0 aromatic carbocycles. The van der Waals surface area contributed by atoms with Crippen molar-refractivity contribution in [1.29, 1.82) is 0 Å². The fourth-order valence-corrected chi connectivity index (χ4v) is 2.39. The van der Waals surface area contributed by atoms with Gasteiger partial charge in [-0.25, -0.2) is 0 Å². The van der Waals surface area contributed by atoms with Crippen LogP contribution in [0.15, 0.2) is 0 Å². The van der Waals surface area contributed by atoms with Gasteiger partial charge in [-0.3, -0.25) is 9.69 Å². The van der Waals surface area contributed by atoms with Crippen molar-refractivity contribution in [3.8, 4) is 0 Å². The number of hydrogen-bond acceptors (Lipinski definition) is 3. The average Bonchev–Trinajstić information content (AvgIpc) is 2.78. The Balaban J connectivity index is 0. The second kappa shape index (κ2) is 9.84. The zero-order valence-corrected chi connectivity index (χ0v) is 13.2. The summed E-state index contributed by atoms with van der Waals surface area (Å²) in [4.78, 5) is 16.3. The molecule has 1 unspecified atom stereocenters. The van der Waals surface area contributed by atoms with Crippen LogP contribution >= 0.6 is 24.8 Å². The highest BCUT2D eigenvalue weighted by Crippen LogP contribution is 2.16. The van der Waals surface area contributed by atoms with Crippen LogP contribution in [0.3, 0.4) is 0 Å². The van der Waals surface area contributed by atoms with Crippen molar-refractivity contribution in [3.63, 3.8) is 0 Å². The van der Waals surface area contributed by atoms with Crippen molar-refractivity contribution in [2.45, 2.75) is 45.7 Å². The molecule has 4 nitrogen and oxygen atoms in total. The van der Waals surface area contributed by atoms with Gasteiger partial charge in [0.2, 0.25) is 5.91 Å². The number of nitrogens with zero attached hydrogens (tertiary/aromatic N) is 2. The zero-order chi connectivity index (χ0) is 12.1. The first kappa shape index (κ1) is 20.3. The van der Waals surface area contributed by atoms with E-state index in [4.69, 9.17) is 5.73 Å². The normalized spacial score (nSPS) is 20.3. The number of rotatable bonds is 5. The summed E-state index contributed by atoms with van der Waals surface area (Å²) >= 11 is 0. The molecular weight excluding hydrogens is 273 g/mol. The van der Waals surface area contributed by atoms with E-state index in [1.54, 1.807) is 0 Å². The van der Waals surface area contributed by atoms with Crippen LogP contribution in [0.5, 0.6) is 0 Å². The number of hydrogen-bond donors (Lipinski definition) is 1. The Bertz CT molecular complexity index is 237. The van der Waals surface area contributed by atoms with Crippen LogP contribution in [0.2, 0.25) is 0 Å². The molecule has 110 valence electrons. The Morgan fingerprint density at radius 1 is 1.33 bits per heavy atom. The molecule has 2 N–H and O–H groups in total. The molecule has 0 radical (unpaired) electrons. The first-order valence-corrected chi connectivity index (χ1v) is 6.42. The SMILES string of the molecule is CC[C@H](N)C(=O)N1CCC(N(CC)CC)C1.Cl.Cl. The Labute approximate surface area is 123 Å². The minimum Gasteiger partial charge on any atom is -0.340 e. The second-order valence-electron chi connectivity index (χ2n) is 4.46. The average molecular weight is 300 g/mol. The highest BCUT2D eigenvalue weighted by atomic mass is 35.5. The molecule has 1 aliphatic heterocycles. The van der Waals surface area contributed by atoms with Gasteiger partial charge in [-0.15, -0.1) is 24.8 Å². The van der Waals surface area contributed by atoms with Gasteiger partial charge in [-0.1, -0.05) is 20.8 Å². The lowest BCUT2D eigenvalue weighted by Crippen LogP contribution is -2.44. The Morgan fingerprint density at radius 3 is 2.33 bits per heavy atom. The fourth-order valence-electron chi connectivity index (χ4n) is 2.39.